The molecule has 4 heteroatoms. The summed E-state index contributed by atoms with van der Waals surface area (Å²) >= 11 is 0. The number of carbonyl (C=O) groups excluding carboxylic acids is 2. The third kappa shape index (κ3) is 3.79. The summed E-state index contributed by atoms with van der Waals surface area (Å²) in [6, 6.07) is 20.5. The van der Waals surface area contributed by atoms with Crippen molar-refractivity contribution in [2.24, 2.45) is 0 Å². The lowest BCUT2D eigenvalue weighted by Crippen LogP contribution is -2.25. The number of carbonyl (C=O) groups is 2. The third-order valence-electron chi connectivity index (χ3n) is 3.69. The van der Waals surface area contributed by atoms with Crippen molar-refractivity contribution >= 4 is 12.2 Å². The van der Waals surface area contributed by atoms with Gasteiger partial charge in [0.1, 0.15) is 5.76 Å². The lowest BCUT2D eigenvalue weighted by molar-refractivity contribution is 0.0953. The van der Waals surface area contributed by atoms with Crippen LogP contribution in [0.3, 0.4) is 0 Å². The Morgan fingerprint density at radius 2 is 1.83 bits per heavy atom. The molecule has 1 N–H and O–H groups in total. The molecule has 1 aromatic heterocycles. The van der Waals surface area contributed by atoms with Crippen LogP contribution in [0.2, 0.25) is 0 Å². The van der Waals surface area contributed by atoms with Gasteiger partial charge in [0, 0.05) is 17.7 Å². The molecule has 0 bridgehead atoms. The molecule has 0 spiro atoms. The molecule has 0 aliphatic heterocycles. The number of amides is 1. The molecule has 4 nitrogen and oxygen atoms in total. The van der Waals surface area contributed by atoms with E-state index in [-0.39, 0.29) is 11.7 Å². The quantitative estimate of drug-likeness (QED) is 0.704. The van der Waals surface area contributed by atoms with Gasteiger partial charge < -0.3 is 9.73 Å². The van der Waals surface area contributed by atoms with Gasteiger partial charge >= 0.3 is 0 Å². The maximum Gasteiger partial charge on any atom is 0.251 e. The summed E-state index contributed by atoms with van der Waals surface area (Å²) in [5.41, 5.74) is 2.51. The largest absolute Gasteiger partial charge is 0.453 e. The van der Waals surface area contributed by atoms with E-state index in [0.717, 1.165) is 12.0 Å². The summed E-state index contributed by atoms with van der Waals surface area (Å²) in [6.45, 7) is 0.573. The molecule has 0 unspecified atom stereocenters. The second-order valence-electron chi connectivity index (χ2n) is 5.39. The van der Waals surface area contributed by atoms with Crippen LogP contribution in [0, 0.1) is 0 Å². The van der Waals surface area contributed by atoms with Crippen LogP contribution in [0.25, 0.3) is 11.3 Å². The predicted molar refractivity (Wildman–Crippen MR) is 92.0 cm³/mol. The van der Waals surface area contributed by atoms with E-state index in [1.165, 1.54) is 5.56 Å². The molecular formula is C20H17NO3. The average Bonchev–Trinajstić information content (AvgIpc) is 3.12. The Morgan fingerprint density at radius 3 is 2.58 bits per heavy atom. The molecule has 120 valence electrons. The summed E-state index contributed by atoms with van der Waals surface area (Å²) in [7, 11) is 0. The van der Waals surface area contributed by atoms with Crippen molar-refractivity contribution in [3.05, 3.63) is 83.6 Å². The van der Waals surface area contributed by atoms with Crippen LogP contribution in [0.5, 0.6) is 0 Å². The second kappa shape index (κ2) is 7.42. The fraction of sp³-hybridized carbons (Fsp3) is 0.100. The Morgan fingerprint density at radius 1 is 1.00 bits per heavy atom. The number of hydrogen-bond acceptors (Lipinski definition) is 3. The molecule has 0 radical (unpaired) electrons. The van der Waals surface area contributed by atoms with Gasteiger partial charge in [0.15, 0.2) is 12.0 Å². The molecular weight excluding hydrogens is 302 g/mol. The molecule has 3 aromatic rings. The maximum atomic E-state index is 12.3. The van der Waals surface area contributed by atoms with E-state index in [0.29, 0.717) is 24.2 Å². The number of hydrogen-bond donors (Lipinski definition) is 1. The normalized spacial score (nSPS) is 10.3. The average molecular weight is 319 g/mol. The Bertz CT molecular complexity index is 837. The minimum absolute atomic E-state index is 0.130. The van der Waals surface area contributed by atoms with E-state index in [1.807, 2.05) is 36.4 Å². The minimum atomic E-state index is -0.130. The van der Waals surface area contributed by atoms with Gasteiger partial charge in [-0.1, -0.05) is 42.5 Å². The van der Waals surface area contributed by atoms with Crippen molar-refractivity contribution in [1.82, 2.24) is 5.32 Å². The van der Waals surface area contributed by atoms with Gasteiger partial charge in [-0.15, -0.1) is 0 Å². The zero-order chi connectivity index (χ0) is 16.8. The van der Waals surface area contributed by atoms with Crippen molar-refractivity contribution in [3.63, 3.8) is 0 Å². The van der Waals surface area contributed by atoms with Crippen molar-refractivity contribution in [1.29, 1.82) is 0 Å². The van der Waals surface area contributed by atoms with Gasteiger partial charge in [0.05, 0.1) is 0 Å². The van der Waals surface area contributed by atoms with E-state index in [9.17, 15) is 9.59 Å². The van der Waals surface area contributed by atoms with E-state index in [4.69, 9.17) is 4.42 Å². The van der Waals surface area contributed by atoms with Crippen LogP contribution >= 0.6 is 0 Å². The van der Waals surface area contributed by atoms with E-state index in [1.54, 1.807) is 30.3 Å². The molecule has 24 heavy (non-hydrogen) atoms. The fourth-order valence-electron chi connectivity index (χ4n) is 2.45. The van der Waals surface area contributed by atoms with Gasteiger partial charge in [-0.25, -0.2) is 0 Å². The summed E-state index contributed by atoms with van der Waals surface area (Å²) in [6.07, 6.45) is 1.44. The Balaban J connectivity index is 1.64. The lowest BCUT2D eigenvalue weighted by atomic mass is 10.1. The van der Waals surface area contributed by atoms with Crippen LogP contribution in [-0.2, 0) is 6.42 Å². The number of aldehydes is 1. The van der Waals surface area contributed by atoms with E-state index >= 15 is 0 Å². The van der Waals surface area contributed by atoms with Crippen LogP contribution in [0.1, 0.15) is 26.5 Å². The molecule has 0 saturated carbocycles. The molecule has 0 fully saturated rings. The van der Waals surface area contributed by atoms with E-state index < -0.39 is 0 Å². The standard InChI is InChI=1S/C20H17NO3/c22-14-18-9-10-19(24-18)16-7-4-8-17(13-16)20(23)21-12-11-15-5-2-1-3-6-15/h1-10,13-14H,11-12H2,(H,21,23). The number of furan rings is 1. The number of rotatable bonds is 6. The molecule has 0 aliphatic rings. The van der Waals surface area contributed by atoms with Crippen molar-refractivity contribution in [3.8, 4) is 11.3 Å². The van der Waals surface area contributed by atoms with Gasteiger partial charge in [-0.05, 0) is 36.2 Å². The zero-order valence-corrected chi connectivity index (χ0v) is 13.1. The van der Waals surface area contributed by atoms with Crippen molar-refractivity contribution < 1.29 is 14.0 Å². The molecule has 2 aromatic carbocycles. The second-order valence-corrected chi connectivity index (χ2v) is 5.39. The summed E-state index contributed by atoms with van der Waals surface area (Å²) < 4.78 is 5.39. The summed E-state index contributed by atoms with van der Waals surface area (Å²) in [5, 5.41) is 2.92. The topological polar surface area (TPSA) is 59.3 Å². The van der Waals surface area contributed by atoms with Crippen LogP contribution in [0.15, 0.2) is 71.1 Å². The fourth-order valence-corrected chi connectivity index (χ4v) is 2.45. The van der Waals surface area contributed by atoms with Gasteiger partial charge in [0.2, 0.25) is 0 Å². The van der Waals surface area contributed by atoms with Gasteiger partial charge in [0.25, 0.3) is 5.91 Å². The molecule has 1 amide bonds. The zero-order valence-electron chi connectivity index (χ0n) is 13.1. The minimum Gasteiger partial charge on any atom is -0.453 e. The van der Waals surface area contributed by atoms with Crippen LogP contribution < -0.4 is 5.32 Å². The highest BCUT2D eigenvalue weighted by Crippen LogP contribution is 2.22. The monoisotopic (exact) mass is 319 g/mol. The van der Waals surface area contributed by atoms with E-state index in [2.05, 4.69) is 5.32 Å². The van der Waals surface area contributed by atoms with Crippen molar-refractivity contribution in [2.45, 2.75) is 6.42 Å². The molecule has 3 rings (SSSR count). The van der Waals surface area contributed by atoms with Crippen molar-refractivity contribution in [2.75, 3.05) is 6.54 Å². The molecule has 0 aliphatic carbocycles. The molecule has 1 heterocycles. The highest BCUT2D eigenvalue weighted by atomic mass is 16.3. The summed E-state index contributed by atoms with van der Waals surface area (Å²) in [5.74, 6) is 0.702. The predicted octanol–water partition coefficient (Wildman–Crippen LogP) is 3.73. The number of nitrogens with one attached hydrogen (secondary N) is 1. The lowest BCUT2D eigenvalue weighted by Gasteiger charge is -2.06. The molecule has 0 saturated heterocycles. The maximum absolute atomic E-state index is 12.3. The highest BCUT2D eigenvalue weighted by Gasteiger charge is 2.09. The van der Waals surface area contributed by atoms with Crippen LogP contribution in [-0.4, -0.2) is 18.7 Å². The Kier molecular flexibility index (Phi) is 4.87. The SMILES string of the molecule is O=Cc1ccc(-c2cccc(C(=O)NCCc3ccccc3)c2)o1. The first-order chi connectivity index (χ1) is 11.8. The molecule has 0 atom stereocenters. The first kappa shape index (κ1) is 15.7. The first-order valence-corrected chi connectivity index (χ1v) is 7.74. The van der Waals surface area contributed by atoms with Gasteiger partial charge in [-0.2, -0.15) is 0 Å². The number of benzene rings is 2. The Hall–Kier alpha value is -3.14. The van der Waals surface area contributed by atoms with Gasteiger partial charge in [-0.3, -0.25) is 9.59 Å². The van der Waals surface area contributed by atoms with Crippen LogP contribution in [0.4, 0.5) is 0 Å². The third-order valence-corrected chi connectivity index (χ3v) is 3.69. The summed E-state index contributed by atoms with van der Waals surface area (Å²) in [4.78, 5) is 23.0. The first-order valence-electron chi connectivity index (χ1n) is 7.74. The Labute approximate surface area is 140 Å². The highest BCUT2D eigenvalue weighted by molar-refractivity contribution is 5.95. The smallest absolute Gasteiger partial charge is 0.251 e.